The van der Waals surface area contributed by atoms with E-state index in [4.69, 9.17) is 5.73 Å². The molecule has 4 heteroatoms. The van der Waals surface area contributed by atoms with Gasteiger partial charge in [0.05, 0.1) is 0 Å². The largest absolute Gasteiger partial charge is 0.384 e. The molecule has 112 valence electrons. The third-order valence-corrected chi connectivity index (χ3v) is 4.50. The molecule has 1 aliphatic carbocycles. The Hall–Kier alpha value is -1.32. The minimum absolute atomic E-state index is 0.0843. The highest BCUT2D eigenvalue weighted by Crippen LogP contribution is 2.35. The van der Waals surface area contributed by atoms with Gasteiger partial charge < -0.3 is 11.1 Å². The average molecular weight is 276 g/mol. The molecule has 3 unspecified atom stereocenters. The van der Waals surface area contributed by atoms with Gasteiger partial charge in [-0.2, -0.15) is 0 Å². The Morgan fingerprint density at radius 3 is 2.55 bits per heavy atom. The van der Waals surface area contributed by atoms with E-state index in [0.717, 1.165) is 17.6 Å². The first-order valence-electron chi connectivity index (χ1n) is 7.72. The number of hydrogen-bond acceptors (Lipinski definition) is 4. The molecule has 0 spiro atoms. The van der Waals surface area contributed by atoms with Crippen LogP contribution in [0.5, 0.6) is 0 Å². The lowest BCUT2D eigenvalue weighted by Gasteiger charge is -2.23. The van der Waals surface area contributed by atoms with E-state index in [1.807, 2.05) is 6.07 Å². The fourth-order valence-electron chi connectivity index (χ4n) is 3.09. The van der Waals surface area contributed by atoms with Gasteiger partial charge in [-0.3, -0.25) is 0 Å². The van der Waals surface area contributed by atoms with Gasteiger partial charge in [-0.15, -0.1) is 0 Å². The first-order chi connectivity index (χ1) is 9.31. The normalized spacial score (nSPS) is 26.8. The molecule has 0 amide bonds. The van der Waals surface area contributed by atoms with E-state index in [2.05, 4.69) is 49.9 Å². The molecule has 1 aliphatic rings. The summed E-state index contributed by atoms with van der Waals surface area (Å²) in [6.07, 6.45) is 3.79. The van der Waals surface area contributed by atoms with Crippen molar-refractivity contribution in [3.8, 4) is 0 Å². The van der Waals surface area contributed by atoms with Gasteiger partial charge in [0.25, 0.3) is 0 Å². The summed E-state index contributed by atoms with van der Waals surface area (Å²) in [4.78, 5) is 9.01. The number of nitrogens with one attached hydrogen (secondary N) is 1. The van der Waals surface area contributed by atoms with Crippen LogP contribution >= 0.6 is 0 Å². The highest BCUT2D eigenvalue weighted by Gasteiger charge is 2.31. The van der Waals surface area contributed by atoms with Gasteiger partial charge in [0.15, 0.2) is 0 Å². The van der Waals surface area contributed by atoms with Crippen LogP contribution in [0.15, 0.2) is 6.07 Å². The Labute approximate surface area is 122 Å². The molecule has 0 radical (unpaired) electrons. The molecule has 1 heterocycles. The summed E-state index contributed by atoms with van der Waals surface area (Å²) in [6.45, 7) is 10.9. The first-order valence-corrected chi connectivity index (χ1v) is 7.72. The van der Waals surface area contributed by atoms with Gasteiger partial charge in [0.1, 0.15) is 17.5 Å². The van der Waals surface area contributed by atoms with E-state index in [0.29, 0.717) is 17.8 Å². The molecule has 1 aromatic heterocycles. The van der Waals surface area contributed by atoms with Crippen molar-refractivity contribution in [1.29, 1.82) is 0 Å². The van der Waals surface area contributed by atoms with Crippen molar-refractivity contribution in [1.82, 2.24) is 9.97 Å². The van der Waals surface area contributed by atoms with Crippen molar-refractivity contribution >= 4 is 11.6 Å². The van der Waals surface area contributed by atoms with Crippen molar-refractivity contribution in [2.75, 3.05) is 11.1 Å². The van der Waals surface area contributed by atoms with Gasteiger partial charge >= 0.3 is 0 Å². The van der Waals surface area contributed by atoms with Crippen molar-refractivity contribution in [2.24, 2.45) is 11.8 Å². The molecule has 1 aromatic rings. The zero-order valence-electron chi connectivity index (χ0n) is 13.4. The predicted molar refractivity (Wildman–Crippen MR) is 84.7 cm³/mol. The molecule has 0 bridgehead atoms. The Balaban J connectivity index is 2.16. The van der Waals surface area contributed by atoms with E-state index in [9.17, 15) is 0 Å². The maximum atomic E-state index is 5.93. The molecule has 1 fully saturated rings. The Bertz CT molecular complexity index is 464. The molecular weight excluding hydrogens is 248 g/mol. The molecule has 2 rings (SSSR count). The topological polar surface area (TPSA) is 63.8 Å². The quantitative estimate of drug-likeness (QED) is 0.885. The van der Waals surface area contributed by atoms with E-state index in [1.165, 1.54) is 19.3 Å². The van der Waals surface area contributed by atoms with Gasteiger partial charge in [-0.1, -0.05) is 41.0 Å². The molecule has 0 saturated heterocycles. The standard InChI is InChI=1S/C16H28N4/c1-6-11-7-8-12(10(11)2)18-14-9-13(17)19-15(20-14)16(3,4)5/h9-12H,6-8H2,1-5H3,(H3,17,18,19,20). The van der Waals surface area contributed by atoms with Crippen molar-refractivity contribution in [2.45, 2.75) is 65.3 Å². The summed E-state index contributed by atoms with van der Waals surface area (Å²) in [7, 11) is 0. The molecule has 3 N–H and O–H groups in total. The van der Waals surface area contributed by atoms with Gasteiger partial charge in [-0.25, -0.2) is 9.97 Å². The van der Waals surface area contributed by atoms with E-state index < -0.39 is 0 Å². The summed E-state index contributed by atoms with van der Waals surface area (Å²) in [5.74, 6) is 3.74. The highest BCUT2D eigenvalue weighted by molar-refractivity contribution is 5.46. The second-order valence-corrected chi connectivity index (χ2v) is 7.11. The van der Waals surface area contributed by atoms with E-state index in [-0.39, 0.29) is 5.41 Å². The summed E-state index contributed by atoms with van der Waals surface area (Å²) >= 11 is 0. The van der Waals surface area contributed by atoms with Crippen LogP contribution in [0.1, 0.15) is 59.7 Å². The number of nitrogens with zero attached hydrogens (tertiary/aromatic N) is 2. The molecule has 0 aliphatic heterocycles. The summed E-state index contributed by atoms with van der Waals surface area (Å²) in [6, 6.07) is 2.35. The van der Waals surface area contributed by atoms with Gasteiger partial charge in [0.2, 0.25) is 0 Å². The second-order valence-electron chi connectivity index (χ2n) is 7.11. The van der Waals surface area contributed by atoms with Crippen LogP contribution in [0.3, 0.4) is 0 Å². The minimum Gasteiger partial charge on any atom is -0.384 e. The number of nitrogens with two attached hydrogens (primary N) is 1. The van der Waals surface area contributed by atoms with Crippen LogP contribution in [0, 0.1) is 11.8 Å². The SMILES string of the molecule is CCC1CCC(Nc2cc(N)nc(C(C)(C)C)n2)C1C. The third kappa shape index (κ3) is 3.22. The van der Waals surface area contributed by atoms with Crippen LogP contribution < -0.4 is 11.1 Å². The molecule has 3 atom stereocenters. The number of aromatic nitrogens is 2. The number of nitrogen functional groups attached to an aromatic ring is 1. The fraction of sp³-hybridized carbons (Fsp3) is 0.750. The molecular formula is C16H28N4. The zero-order chi connectivity index (χ0) is 14.9. The maximum absolute atomic E-state index is 5.93. The lowest BCUT2D eigenvalue weighted by atomic mass is 9.93. The van der Waals surface area contributed by atoms with Crippen LogP contribution in [0.2, 0.25) is 0 Å². The highest BCUT2D eigenvalue weighted by atomic mass is 15.1. The molecule has 1 saturated carbocycles. The third-order valence-electron chi connectivity index (χ3n) is 4.50. The van der Waals surface area contributed by atoms with Gasteiger partial charge in [-0.05, 0) is 24.7 Å². The number of anilines is 2. The van der Waals surface area contributed by atoms with Crippen molar-refractivity contribution in [3.63, 3.8) is 0 Å². The fourth-order valence-corrected chi connectivity index (χ4v) is 3.09. The number of hydrogen-bond donors (Lipinski definition) is 2. The van der Waals surface area contributed by atoms with Crippen LogP contribution in [0.25, 0.3) is 0 Å². The minimum atomic E-state index is -0.0843. The first kappa shape index (κ1) is 15.1. The lowest BCUT2D eigenvalue weighted by Crippen LogP contribution is -2.26. The lowest BCUT2D eigenvalue weighted by molar-refractivity contribution is 0.391. The number of rotatable bonds is 3. The smallest absolute Gasteiger partial charge is 0.138 e. The van der Waals surface area contributed by atoms with Crippen LogP contribution in [-0.2, 0) is 5.41 Å². The summed E-state index contributed by atoms with van der Waals surface area (Å²) < 4.78 is 0. The van der Waals surface area contributed by atoms with Crippen LogP contribution in [0.4, 0.5) is 11.6 Å². The van der Waals surface area contributed by atoms with E-state index in [1.54, 1.807) is 0 Å². The Kier molecular flexibility index (Phi) is 4.21. The molecule has 20 heavy (non-hydrogen) atoms. The maximum Gasteiger partial charge on any atom is 0.138 e. The van der Waals surface area contributed by atoms with Crippen LogP contribution in [-0.4, -0.2) is 16.0 Å². The monoisotopic (exact) mass is 276 g/mol. The molecule has 0 aromatic carbocycles. The van der Waals surface area contributed by atoms with Crippen molar-refractivity contribution in [3.05, 3.63) is 11.9 Å². The predicted octanol–water partition coefficient (Wildman–Crippen LogP) is 3.59. The average Bonchev–Trinajstić information content (AvgIpc) is 2.69. The Morgan fingerprint density at radius 1 is 1.30 bits per heavy atom. The Morgan fingerprint density at radius 2 is 2.00 bits per heavy atom. The van der Waals surface area contributed by atoms with E-state index >= 15 is 0 Å². The molecule has 4 nitrogen and oxygen atoms in total. The second kappa shape index (κ2) is 5.58. The zero-order valence-corrected chi connectivity index (χ0v) is 13.4. The van der Waals surface area contributed by atoms with Gasteiger partial charge in [0, 0.05) is 17.5 Å². The summed E-state index contributed by atoms with van der Waals surface area (Å²) in [5, 5.41) is 3.58. The summed E-state index contributed by atoms with van der Waals surface area (Å²) in [5.41, 5.74) is 5.84. The van der Waals surface area contributed by atoms with Crippen molar-refractivity contribution < 1.29 is 0 Å².